The van der Waals surface area contributed by atoms with Gasteiger partial charge < -0.3 is 9.72 Å². The van der Waals surface area contributed by atoms with Gasteiger partial charge in [0, 0.05) is 0 Å². The summed E-state index contributed by atoms with van der Waals surface area (Å²) in [5, 5.41) is 11.7. The molecule has 1 fully saturated rings. The first-order chi connectivity index (χ1) is 8.83. The number of aliphatic imine (C=N–C) groups is 1. The van der Waals surface area contributed by atoms with E-state index in [9.17, 15) is 0 Å². The van der Waals surface area contributed by atoms with Crippen LogP contribution in [0.15, 0.2) is 17.5 Å². The highest BCUT2D eigenvalue weighted by Gasteiger charge is 2.27. The Kier molecular flexibility index (Phi) is 4.61. The fraction of sp³-hybridized carbons (Fsp3) is 0.545. The van der Waals surface area contributed by atoms with Gasteiger partial charge in [-0.05, 0) is 19.1 Å². The highest BCUT2D eigenvalue weighted by Crippen LogP contribution is 2.31. The molecule has 6 nitrogen and oxygen atoms in total. The van der Waals surface area contributed by atoms with Gasteiger partial charge >= 0.3 is 0 Å². The molecule has 2 heterocycles. The minimum Gasteiger partial charge on any atom is -0.367 e. The Labute approximate surface area is 110 Å². The third kappa shape index (κ3) is 3.24. The molecule has 2 atom stereocenters. The van der Waals surface area contributed by atoms with E-state index in [0.717, 1.165) is 18.5 Å². The van der Waals surface area contributed by atoms with E-state index in [1.807, 2.05) is 12.4 Å². The SMILES string of the molecule is CSC(=NC[C@@H]1CC[C@H](c2cnc[nH]2)O1)NC#N. The number of aromatic nitrogens is 2. The molecular formula is C11H15N5OS. The molecule has 0 amide bonds. The van der Waals surface area contributed by atoms with Crippen LogP contribution in [0.3, 0.4) is 0 Å². The Morgan fingerprint density at radius 1 is 1.78 bits per heavy atom. The third-order valence-electron chi connectivity index (χ3n) is 2.77. The lowest BCUT2D eigenvalue weighted by atomic mass is 10.1. The summed E-state index contributed by atoms with van der Waals surface area (Å²) >= 11 is 1.42. The number of thioether (sulfide) groups is 1. The maximum atomic E-state index is 8.53. The van der Waals surface area contributed by atoms with Crippen LogP contribution in [0.2, 0.25) is 0 Å². The first-order valence-electron chi connectivity index (χ1n) is 5.70. The summed E-state index contributed by atoms with van der Waals surface area (Å²) in [6, 6.07) is 0. The lowest BCUT2D eigenvalue weighted by molar-refractivity contribution is 0.0479. The number of imidazole rings is 1. The smallest absolute Gasteiger partial charge is 0.183 e. The second-order valence-corrected chi connectivity index (χ2v) is 4.71. The van der Waals surface area contributed by atoms with Crippen LogP contribution in [0.4, 0.5) is 0 Å². The summed E-state index contributed by atoms with van der Waals surface area (Å²) in [6.07, 6.45) is 9.36. The number of H-pyrrole nitrogens is 1. The molecule has 1 aliphatic heterocycles. The van der Waals surface area contributed by atoms with Gasteiger partial charge in [-0.2, -0.15) is 5.26 Å². The zero-order valence-corrected chi connectivity index (χ0v) is 10.9. The number of amidine groups is 1. The van der Waals surface area contributed by atoms with Crippen molar-refractivity contribution in [3.8, 4) is 6.19 Å². The molecule has 2 N–H and O–H groups in total. The number of hydrogen-bond donors (Lipinski definition) is 2. The summed E-state index contributed by atoms with van der Waals surface area (Å²) in [5.41, 5.74) is 1.02. The fourth-order valence-corrected chi connectivity index (χ4v) is 2.25. The Morgan fingerprint density at radius 3 is 3.33 bits per heavy atom. The summed E-state index contributed by atoms with van der Waals surface area (Å²) in [4.78, 5) is 11.4. The highest BCUT2D eigenvalue weighted by molar-refractivity contribution is 8.13. The van der Waals surface area contributed by atoms with E-state index in [1.165, 1.54) is 11.8 Å². The van der Waals surface area contributed by atoms with Gasteiger partial charge in [0.05, 0.1) is 37.0 Å². The van der Waals surface area contributed by atoms with Crippen molar-refractivity contribution in [1.29, 1.82) is 5.26 Å². The number of nitriles is 1. The van der Waals surface area contributed by atoms with E-state index in [0.29, 0.717) is 11.7 Å². The highest BCUT2D eigenvalue weighted by atomic mass is 32.2. The molecule has 18 heavy (non-hydrogen) atoms. The van der Waals surface area contributed by atoms with E-state index in [1.54, 1.807) is 12.5 Å². The van der Waals surface area contributed by atoms with Gasteiger partial charge in [0.2, 0.25) is 0 Å². The van der Waals surface area contributed by atoms with Crippen molar-refractivity contribution in [3.05, 3.63) is 18.2 Å². The van der Waals surface area contributed by atoms with Crippen LogP contribution in [0.1, 0.15) is 24.6 Å². The summed E-state index contributed by atoms with van der Waals surface area (Å²) in [5.74, 6) is 0. The van der Waals surface area contributed by atoms with Crippen molar-refractivity contribution in [1.82, 2.24) is 15.3 Å². The Hall–Kier alpha value is -1.52. The molecule has 2 rings (SSSR count). The monoisotopic (exact) mass is 265 g/mol. The fourth-order valence-electron chi connectivity index (χ4n) is 1.90. The Bertz CT molecular complexity index is 439. The molecule has 0 aromatic carbocycles. The molecule has 0 radical (unpaired) electrons. The van der Waals surface area contributed by atoms with Gasteiger partial charge in [-0.15, -0.1) is 0 Å². The Morgan fingerprint density at radius 2 is 2.67 bits per heavy atom. The van der Waals surface area contributed by atoms with Gasteiger partial charge in [-0.25, -0.2) is 4.98 Å². The van der Waals surface area contributed by atoms with Crippen LogP contribution in [0, 0.1) is 11.5 Å². The van der Waals surface area contributed by atoms with E-state index in [-0.39, 0.29) is 12.2 Å². The second kappa shape index (κ2) is 6.42. The standard InChI is InChI=1S/C11H15N5OS/c1-18-11(15-6-12)14-4-8-2-3-10(17-8)9-5-13-7-16-9/h5,7-8,10H,2-4H2,1H3,(H,13,16)(H,14,15)/t8-,10+/m0/s1. The number of nitrogens with one attached hydrogen (secondary N) is 2. The van der Waals surface area contributed by atoms with Crippen LogP contribution >= 0.6 is 11.8 Å². The van der Waals surface area contributed by atoms with Gasteiger partial charge in [-0.3, -0.25) is 10.3 Å². The zero-order chi connectivity index (χ0) is 12.8. The molecule has 1 saturated heterocycles. The van der Waals surface area contributed by atoms with Crippen LogP contribution in [0.5, 0.6) is 0 Å². The predicted octanol–water partition coefficient (Wildman–Crippen LogP) is 1.42. The largest absolute Gasteiger partial charge is 0.367 e. The van der Waals surface area contributed by atoms with E-state index >= 15 is 0 Å². The van der Waals surface area contributed by atoms with Crippen molar-refractivity contribution in [3.63, 3.8) is 0 Å². The maximum absolute atomic E-state index is 8.53. The molecule has 0 aliphatic carbocycles. The first kappa shape index (κ1) is 12.9. The van der Waals surface area contributed by atoms with Crippen molar-refractivity contribution in [2.24, 2.45) is 4.99 Å². The quantitative estimate of drug-likeness (QED) is 0.373. The van der Waals surface area contributed by atoms with Gasteiger partial charge in [-0.1, -0.05) is 11.8 Å². The maximum Gasteiger partial charge on any atom is 0.183 e. The number of rotatable bonds is 3. The lowest BCUT2D eigenvalue weighted by Crippen LogP contribution is -2.17. The van der Waals surface area contributed by atoms with Crippen LogP contribution in [0.25, 0.3) is 0 Å². The van der Waals surface area contributed by atoms with Gasteiger partial charge in [0.1, 0.15) is 0 Å². The average Bonchev–Trinajstić information content (AvgIpc) is 3.04. The summed E-state index contributed by atoms with van der Waals surface area (Å²) in [7, 11) is 0. The molecule has 1 aromatic rings. The summed E-state index contributed by atoms with van der Waals surface area (Å²) in [6.45, 7) is 0.579. The first-order valence-corrected chi connectivity index (χ1v) is 6.93. The molecule has 1 aromatic heterocycles. The molecular weight excluding hydrogens is 250 g/mol. The molecule has 0 unspecified atom stereocenters. The van der Waals surface area contributed by atoms with E-state index in [4.69, 9.17) is 10.00 Å². The van der Waals surface area contributed by atoms with Crippen LogP contribution in [-0.2, 0) is 4.74 Å². The average molecular weight is 265 g/mol. The molecule has 0 saturated carbocycles. The lowest BCUT2D eigenvalue weighted by Gasteiger charge is -2.10. The van der Waals surface area contributed by atoms with Crippen molar-refractivity contribution < 1.29 is 4.74 Å². The number of ether oxygens (including phenoxy) is 1. The molecule has 96 valence electrons. The topological polar surface area (TPSA) is 86.1 Å². The van der Waals surface area contributed by atoms with Crippen molar-refractivity contribution in [2.75, 3.05) is 12.8 Å². The van der Waals surface area contributed by atoms with E-state index in [2.05, 4.69) is 20.3 Å². The number of aromatic amines is 1. The van der Waals surface area contributed by atoms with Crippen molar-refractivity contribution >= 4 is 16.9 Å². The van der Waals surface area contributed by atoms with Gasteiger partial charge in [0.15, 0.2) is 11.4 Å². The minimum absolute atomic E-state index is 0.0920. The van der Waals surface area contributed by atoms with E-state index < -0.39 is 0 Å². The molecule has 0 bridgehead atoms. The Balaban J connectivity index is 1.84. The van der Waals surface area contributed by atoms with Crippen LogP contribution < -0.4 is 5.32 Å². The molecule has 7 heteroatoms. The van der Waals surface area contributed by atoms with Crippen LogP contribution in [-0.4, -0.2) is 34.0 Å². The van der Waals surface area contributed by atoms with Gasteiger partial charge in [0.25, 0.3) is 0 Å². The van der Waals surface area contributed by atoms with Crippen molar-refractivity contribution in [2.45, 2.75) is 25.0 Å². The molecule has 1 aliphatic rings. The number of hydrogen-bond acceptors (Lipinski definition) is 5. The second-order valence-electron chi connectivity index (χ2n) is 3.92. The molecule has 0 spiro atoms. The predicted molar refractivity (Wildman–Crippen MR) is 70.0 cm³/mol. The minimum atomic E-state index is 0.0920. The summed E-state index contributed by atoms with van der Waals surface area (Å²) < 4.78 is 5.88. The number of nitrogens with zero attached hydrogens (tertiary/aromatic N) is 3. The zero-order valence-electron chi connectivity index (χ0n) is 10.1. The third-order valence-corrected chi connectivity index (χ3v) is 3.39. The normalized spacial score (nSPS) is 23.9.